The molecule has 0 aliphatic rings. The van der Waals surface area contributed by atoms with Crippen molar-refractivity contribution in [3.8, 4) is 17.2 Å². The molecule has 8 N–H and O–H groups in total. The number of hydrogen-bond acceptors (Lipinski definition) is 9. The molecule has 2 rings (SSSR count). The molecule has 0 radical (unpaired) electrons. The Kier molecular flexibility index (Phi) is 6.59. The number of rotatable bonds is 7. The zero-order valence-corrected chi connectivity index (χ0v) is 16.1. The Morgan fingerprint density at radius 3 is 1.97 bits per heavy atom. The van der Waals surface area contributed by atoms with Gasteiger partial charge in [0.1, 0.15) is 5.75 Å². The summed E-state index contributed by atoms with van der Waals surface area (Å²) in [5, 5.41) is 1.10. The number of anilines is 2. The highest BCUT2D eigenvalue weighted by molar-refractivity contribution is 5.90. The van der Waals surface area contributed by atoms with Crippen LogP contribution in [0, 0.1) is 0 Å². The van der Waals surface area contributed by atoms with Crippen LogP contribution in [0.3, 0.4) is 0 Å². The van der Waals surface area contributed by atoms with Gasteiger partial charge < -0.3 is 25.7 Å². The SMILES string of the molecule is COc1cc(OC)c(OC)cc1Cc1cnc(N(N)C(N)=O)nc1N(N)C(N)=O. The first kappa shape index (κ1) is 21.5. The average molecular weight is 406 g/mol. The van der Waals surface area contributed by atoms with Crippen LogP contribution >= 0.6 is 0 Å². The molecule has 0 fully saturated rings. The molecule has 0 unspecified atom stereocenters. The van der Waals surface area contributed by atoms with E-state index in [-0.39, 0.29) is 18.2 Å². The number of nitrogens with zero attached hydrogens (tertiary/aromatic N) is 4. The number of nitrogens with two attached hydrogens (primary N) is 4. The second kappa shape index (κ2) is 8.90. The number of hydrogen-bond donors (Lipinski definition) is 4. The monoisotopic (exact) mass is 406 g/mol. The first-order chi connectivity index (χ1) is 13.7. The van der Waals surface area contributed by atoms with Crippen molar-refractivity contribution >= 4 is 23.8 Å². The highest BCUT2D eigenvalue weighted by Gasteiger charge is 2.21. The minimum absolute atomic E-state index is 0.0731. The smallest absolute Gasteiger partial charge is 0.336 e. The second-order valence-corrected chi connectivity index (χ2v) is 5.63. The van der Waals surface area contributed by atoms with Gasteiger partial charge in [0, 0.05) is 29.8 Å². The third-order valence-electron chi connectivity index (χ3n) is 3.91. The molecule has 4 amide bonds. The summed E-state index contributed by atoms with van der Waals surface area (Å²) in [5.74, 6) is 12.3. The molecule has 0 saturated heterocycles. The fraction of sp³-hybridized carbons (Fsp3) is 0.250. The minimum Gasteiger partial charge on any atom is -0.496 e. The first-order valence-electron chi connectivity index (χ1n) is 8.06. The Labute approximate surface area is 166 Å². The van der Waals surface area contributed by atoms with E-state index in [2.05, 4.69) is 9.97 Å². The van der Waals surface area contributed by atoms with Crippen molar-refractivity contribution in [1.29, 1.82) is 0 Å². The Morgan fingerprint density at radius 2 is 1.45 bits per heavy atom. The van der Waals surface area contributed by atoms with Gasteiger partial charge in [-0.2, -0.15) is 9.99 Å². The van der Waals surface area contributed by atoms with Gasteiger partial charge in [-0.25, -0.2) is 31.3 Å². The lowest BCUT2D eigenvalue weighted by molar-refractivity contribution is 0.253. The van der Waals surface area contributed by atoms with Gasteiger partial charge in [-0.05, 0) is 6.07 Å². The van der Waals surface area contributed by atoms with Gasteiger partial charge in [0.25, 0.3) is 5.95 Å². The van der Waals surface area contributed by atoms with E-state index in [1.807, 2.05) is 0 Å². The molecule has 0 saturated carbocycles. The Hall–Kier alpha value is -3.84. The Balaban J connectivity index is 2.57. The molecule has 2 aromatic rings. The van der Waals surface area contributed by atoms with E-state index in [1.54, 1.807) is 12.1 Å². The van der Waals surface area contributed by atoms with Crippen molar-refractivity contribution in [2.75, 3.05) is 31.3 Å². The van der Waals surface area contributed by atoms with Gasteiger partial charge in [-0.1, -0.05) is 0 Å². The van der Waals surface area contributed by atoms with E-state index in [9.17, 15) is 9.59 Å². The maximum Gasteiger partial charge on any atom is 0.336 e. The van der Waals surface area contributed by atoms with Crippen LogP contribution in [0.1, 0.15) is 11.1 Å². The number of ether oxygens (including phenoxy) is 3. The highest BCUT2D eigenvalue weighted by Crippen LogP contribution is 2.36. The van der Waals surface area contributed by atoms with Crippen LogP contribution in [0.25, 0.3) is 0 Å². The van der Waals surface area contributed by atoms with Crippen molar-refractivity contribution in [2.45, 2.75) is 6.42 Å². The van der Waals surface area contributed by atoms with Gasteiger partial charge in [0.05, 0.1) is 21.3 Å². The minimum atomic E-state index is -1.01. The standard InChI is InChI=1S/C16H22N8O5/c1-27-10-6-12(29-3)11(28-2)5-8(10)4-9-7-21-16(24(20)15(18)26)22-13(9)23(19)14(17)25/h5-7H,4,19-20H2,1-3H3,(H2,17,25)(H2,18,26). The van der Waals surface area contributed by atoms with Crippen LogP contribution in [0.15, 0.2) is 18.3 Å². The van der Waals surface area contributed by atoms with Crippen molar-refractivity contribution in [3.63, 3.8) is 0 Å². The van der Waals surface area contributed by atoms with Gasteiger partial charge in [0.15, 0.2) is 17.3 Å². The van der Waals surface area contributed by atoms with Crippen LogP contribution < -0.4 is 47.4 Å². The summed E-state index contributed by atoms with van der Waals surface area (Å²) in [6.45, 7) is 0. The molecular formula is C16H22N8O5. The van der Waals surface area contributed by atoms with Crippen LogP contribution in [-0.2, 0) is 6.42 Å². The van der Waals surface area contributed by atoms with Crippen LogP contribution in [0.2, 0.25) is 0 Å². The van der Waals surface area contributed by atoms with E-state index in [0.717, 1.165) is 0 Å². The lowest BCUT2D eigenvalue weighted by Gasteiger charge is -2.20. The number of carbonyl (C=O) groups is 2. The fourth-order valence-electron chi connectivity index (χ4n) is 2.48. The maximum atomic E-state index is 11.6. The predicted molar refractivity (Wildman–Crippen MR) is 103 cm³/mol. The number of primary amides is 2. The number of hydrazine groups is 2. The summed E-state index contributed by atoms with van der Waals surface area (Å²) in [4.78, 5) is 30.9. The van der Waals surface area contributed by atoms with Gasteiger partial charge in [0.2, 0.25) is 0 Å². The van der Waals surface area contributed by atoms with Crippen molar-refractivity contribution < 1.29 is 23.8 Å². The quantitative estimate of drug-likeness (QED) is 0.268. The second-order valence-electron chi connectivity index (χ2n) is 5.63. The van der Waals surface area contributed by atoms with Crippen molar-refractivity contribution in [1.82, 2.24) is 9.97 Å². The molecule has 13 nitrogen and oxygen atoms in total. The van der Waals surface area contributed by atoms with E-state index in [4.69, 9.17) is 37.4 Å². The molecule has 0 atom stereocenters. The molecule has 0 aliphatic heterocycles. The molecular weight excluding hydrogens is 384 g/mol. The summed E-state index contributed by atoms with van der Waals surface area (Å²) >= 11 is 0. The summed E-state index contributed by atoms with van der Waals surface area (Å²) < 4.78 is 16.0. The fourth-order valence-corrected chi connectivity index (χ4v) is 2.48. The third kappa shape index (κ3) is 4.53. The molecule has 1 aromatic heterocycles. The summed E-state index contributed by atoms with van der Waals surface area (Å²) in [6, 6.07) is 1.34. The van der Waals surface area contributed by atoms with Crippen LogP contribution in [-0.4, -0.2) is 43.4 Å². The molecule has 29 heavy (non-hydrogen) atoms. The number of methoxy groups -OCH3 is 3. The summed E-state index contributed by atoms with van der Waals surface area (Å²) in [6.07, 6.45) is 1.50. The molecule has 1 heterocycles. The van der Waals surface area contributed by atoms with Crippen LogP contribution in [0.4, 0.5) is 21.4 Å². The molecule has 0 spiro atoms. The first-order valence-corrected chi connectivity index (χ1v) is 8.06. The molecule has 0 aliphatic carbocycles. The number of carbonyl (C=O) groups excluding carboxylic acids is 2. The van der Waals surface area contributed by atoms with Crippen molar-refractivity contribution in [2.24, 2.45) is 23.2 Å². The van der Waals surface area contributed by atoms with Gasteiger partial charge >= 0.3 is 12.1 Å². The highest BCUT2D eigenvalue weighted by atomic mass is 16.5. The van der Waals surface area contributed by atoms with E-state index >= 15 is 0 Å². The number of amides is 4. The van der Waals surface area contributed by atoms with Crippen LogP contribution in [0.5, 0.6) is 17.2 Å². The average Bonchev–Trinajstić information content (AvgIpc) is 2.72. The van der Waals surface area contributed by atoms with Gasteiger partial charge in [-0.15, -0.1) is 0 Å². The van der Waals surface area contributed by atoms with E-state index in [1.165, 1.54) is 27.5 Å². The topological polar surface area (TPSA) is 198 Å². The zero-order valence-electron chi connectivity index (χ0n) is 16.1. The molecule has 156 valence electrons. The Bertz CT molecular complexity index is 922. The number of benzene rings is 1. The lowest BCUT2D eigenvalue weighted by Crippen LogP contribution is -2.45. The third-order valence-corrected chi connectivity index (χ3v) is 3.91. The molecule has 0 bridgehead atoms. The largest absolute Gasteiger partial charge is 0.496 e. The predicted octanol–water partition coefficient (Wildman–Crippen LogP) is -0.389. The lowest BCUT2D eigenvalue weighted by atomic mass is 10.0. The zero-order chi connectivity index (χ0) is 21.7. The van der Waals surface area contributed by atoms with E-state index in [0.29, 0.717) is 38.4 Å². The Morgan fingerprint density at radius 1 is 0.897 bits per heavy atom. The molecule has 13 heteroatoms. The normalized spacial score (nSPS) is 10.2. The number of aromatic nitrogens is 2. The summed E-state index contributed by atoms with van der Waals surface area (Å²) in [5.41, 5.74) is 11.4. The van der Waals surface area contributed by atoms with Gasteiger partial charge in [-0.3, -0.25) is 0 Å². The number of urea groups is 2. The van der Waals surface area contributed by atoms with Crippen molar-refractivity contribution in [3.05, 3.63) is 29.5 Å². The molecule has 1 aromatic carbocycles. The van der Waals surface area contributed by atoms with E-state index < -0.39 is 12.1 Å². The summed E-state index contributed by atoms with van der Waals surface area (Å²) in [7, 11) is 4.48. The maximum absolute atomic E-state index is 11.6.